The summed E-state index contributed by atoms with van der Waals surface area (Å²) < 4.78 is 12.6. The highest BCUT2D eigenvalue weighted by molar-refractivity contribution is 5.04. The van der Waals surface area contributed by atoms with Gasteiger partial charge in [-0.2, -0.15) is 0 Å². The summed E-state index contributed by atoms with van der Waals surface area (Å²) in [6.07, 6.45) is 2.23. The molecule has 2 aliphatic rings. The first-order valence-corrected chi connectivity index (χ1v) is 7.24. The van der Waals surface area contributed by atoms with E-state index >= 15 is 0 Å². The van der Waals surface area contributed by atoms with Crippen LogP contribution in [0, 0.1) is 16.7 Å². The molecule has 0 saturated carbocycles. The smallest absolute Gasteiger partial charge is 0.162 e. The van der Waals surface area contributed by atoms with Gasteiger partial charge >= 0.3 is 0 Å². The highest BCUT2D eigenvalue weighted by Gasteiger charge is 2.59. The molecule has 2 aliphatic heterocycles. The molecule has 2 nitrogen and oxygen atoms in total. The molecule has 2 heteroatoms. The lowest BCUT2D eigenvalue weighted by molar-refractivity contribution is -0.232. The summed E-state index contributed by atoms with van der Waals surface area (Å²) in [7, 11) is 0. The molecule has 0 aromatic heterocycles. The quantitative estimate of drug-likeness (QED) is 0.638. The van der Waals surface area contributed by atoms with E-state index in [1.807, 2.05) is 0 Å². The predicted molar refractivity (Wildman–Crippen MR) is 74.4 cm³/mol. The Hall–Kier alpha value is -0.0800. The molecule has 2 saturated heterocycles. The van der Waals surface area contributed by atoms with Gasteiger partial charge in [0.05, 0.1) is 11.2 Å². The first-order valence-electron chi connectivity index (χ1n) is 7.24. The van der Waals surface area contributed by atoms with E-state index in [0.29, 0.717) is 5.92 Å². The molecule has 2 atom stereocenters. The van der Waals surface area contributed by atoms with Gasteiger partial charge < -0.3 is 9.47 Å². The third-order valence-electron chi connectivity index (χ3n) is 5.61. The molecule has 0 aromatic rings. The minimum Gasteiger partial charge on any atom is -0.346 e. The van der Waals surface area contributed by atoms with E-state index in [0.717, 1.165) is 12.8 Å². The average Bonchev–Trinajstić information content (AvgIpc) is 2.53. The Labute approximate surface area is 112 Å². The molecule has 0 N–H and O–H groups in total. The van der Waals surface area contributed by atoms with Gasteiger partial charge in [0.15, 0.2) is 6.29 Å². The number of hydrogen-bond acceptors (Lipinski definition) is 2. The lowest BCUT2D eigenvalue weighted by Gasteiger charge is -2.42. The van der Waals surface area contributed by atoms with Crippen LogP contribution in [0.1, 0.15) is 68.2 Å². The van der Waals surface area contributed by atoms with Crippen LogP contribution in [0.5, 0.6) is 0 Å². The van der Waals surface area contributed by atoms with Crippen LogP contribution in [0.15, 0.2) is 0 Å². The summed E-state index contributed by atoms with van der Waals surface area (Å²) in [6, 6.07) is 0. The van der Waals surface area contributed by atoms with Gasteiger partial charge in [0.2, 0.25) is 0 Å². The third kappa shape index (κ3) is 2.02. The van der Waals surface area contributed by atoms with Crippen molar-refractivity contribution in [3.8, 4) is 0 Å². The number of ether oxygens (including phenoxy) is 2. The van der Waals surface area contributed by atoms with Crippen molar-refractivity contribution in [1.29, 1.82) is 0 Å². The Morgan fingerprint density at radius 3 is 1.33 bits per heavy atom. The number of rotatable bonds is 0. The molecule has 0 aliphatic carbocycles. The molecule has 106 valence electrons. The summed E-state index contributed by atoms with van der Waals surface area (Å²) in [5.41, 5.74) is 0.223. The van der Waals surface area contributed by atoms with Gasteiger partial charge in [0.25, 0.3) is 0 Å². The molecule has 2 heterocycles. The van der Waals surface area contributed by atoms with E-state index in [9.17, 15) is 0 Å². The fourth-order valence-corrected chi connectivity index (χ4v) is 3.06. The Balaban J connectivity index is 2.14. The van der Waals surface area contributed by atoms with E-state index < -0.39 is 0 Å². The molecule has 0 radical (unpaired) electrons. The molecule has 2 fully saturated rings. The molecule has 18 heavy (non-hydrogen) atoms. The zero-order valence-corrected chi connectivity index (χ0v) is 13.4. The third-order valence-corrected chi connectivity index (χ3v) is 5.61. The van der Waals surface area contributed by atoms with Crippen LogP contribution in [0.25, 0.3) is 0 Å². The maximum atomic E-state index is 6.31. The minimum atomic E-state index is -0.0540. The van der Waals surface area contributed by atoms with E-state index in [2.05, 4.69) is 55.4 Å². The number of fused-ring (bicyclic) bond motifs is 1. The van der Waals surface area contributed by atoms with Crippen molar-refractivity contribution in [2.45, 2.75) is 85.7 Å². The average molecular weight is 254 g/mol. The zero-order valence-electron chi connectivity index (χ0n) is 13.4. The van der Waals surface area contributed by atoms with Gasteiger partial charge in [-0.3, -0.25) is 0 Å². The van der Waals surface area contributed by atoms with Crippen LogP contribution in [-0.2, 0) is 9.47 Å². The summed E-state index contributed by atoms with van der Waals surface area (Å²) >= 11 is 0. The first-order chi connectivity index (χ1) is 7.88. The second-order valence-electron chi connectivity index (χ2n) is 8.73. The zero-order chi connectivity index (χ0) is 14.0. The molecule has 0 spiro atoms. The SMILES string of the molecule is CC(C)(C)[C@@]1(C)CC2C[C@](C)(C(C)(C)C)OC2O1. The van der Waals surface area contributed by atoms with Crippen LogP contribution in [0.2, 0.25) is 0 Å². The lowest BCUT2D eigenvalue weighted by Crippen LogP contribution is -2.44. The van der Waals surface area contributed by atoms with Crippen molar-refractivity contribution in [3.05, 3.63) is 0 Å². The lowest BCUT2D eigenvalue weighted by atomic mass is 9.70. The first kappa shape index (κ1) is 14.3. The summed E-state index contributed by atoms with van der Waals surface area (Å²) in [4.78, 5) is 0. The second-order valence-corrected chi connectivity index (χ2v) is 8.73. The monoisotopic (exact) mass is 254 g/mol. The van der Waals surface area contributed by atoms with Crippen LogP contribution in [0.4, 0.5) is 0 Å². The van der Waals surface area contributed by atoms with Crippen molar-refractivity contribution < 1.29 is 9.47 Å². The fraction of sp³-hybridized carbons (Fsp3) is 1.00. The highest BCUT2D eigenvalue weighted by Crippen LogP contribution is 2.56. The van der Waals surface area contributed by atoms with E-state index in [1.165, 1.54) is 0 Å². The van der Waals surface area contributed by atoms with E-state index in [1.54, 1.807) is 0 Å². The highest BCUT2D eigenvalue weighted by atomic mass is 16.7. The molecule has 0 unspecified atom stereocenters. The number of hydrogen-bond donors (Lipinski definition) is 0. The maximum Gasteiger partial charge on any atom is 0.162 e. The van der Waals surface area contributed by atoms with Crippen molar-refractivity contribution in [1.82, 2.24) is 0 Å². The molecule has 0 amide bonds. The molecule has 0 aromatic carbocycles. The Bertz CT molecular complexity index is 286. The summed E-state index contributed by atoms with van der Waals surface area (Å²) in [5.74, 6) is 0.554. The largest absolute Gasteiger partial charge is 0.346 e. The van der Waals surface area contributed by atoms with Crippen molar-refractivity contribution in [3.63, 3.8) is 0 Å². The standard InChI is InChI=1S/C16H30O2/c1-13(2,3)15(7)9-11-10-16(8,14(4,5)6)18-12(11)17-15/h11-12H,9-10H2,1-8H3/t11?,12?,15-,16-/m1/s1. The van der Waals surface area contributed by atoms with Gasteiger partial charge in [-0.1, -0.05) is 41.5 Å². The minimum absolute atomic E-state index is 0.00144. The van der Waals surface area contributed by atoms with Crippen molar-refractivity contribution in [2.24, 2.45) is 16.7 Å². The van der Waals surface area contributed by atoms with Crippen molar-refractivity contribution in [2.75, 3.05) is 0 Å². The van der Waals surface area contributed by atoms with E-state index in [-0.39, 0.29) is 28.3 Å². The molecular weight excluding hydrogens is 224 g/mol. The summed E-state index contributed by atoms with van der Waals surface area (Å²) in [6.45, 7) is 18.0. The molecule has 2 rings (SSSR count). The van der Waals surface area contributed by atoms with Gasteiger partial charge in [0.1, 0.15) is 0 Å². The molecule has 0 bridgehead atoms. The molecular formula is C16H30O2. The van der Waals surface area contributed by atoms with Gasteiger partial charge in [0, 0.05) is 5.92 Å². The second kappa shape index (κ2) is 3.73. The van der Waals surface area contributed by atoms with Crippen LogP contribution >= 0.6 is 0 Å². The Kier molecular flexibility index (Phi) is 2.97. The van der Waals surface area contributed by atoms with Crippen LogP contribution in [0.3, 0.4) is 0 Å². The van der Waals surface area contributed by atoms with Gasteiger partial charge in [-0.05, 0) is 37.5 Å². The summed E-state index contributed by atoms with van der Waals surface area (Å²) in [5, 5.41) is 0. The Morgan fingerprint density at radius 1 is 0.778 bits per heavy atom. The maximum absolute atomic E-state index is 6.31. The van der Waals surface area contributed by atoms with Gasteiger partial charge in [-0.15, -0.1) is 0 Å². The van der Waals surface area contributed by atoms with E-state index in [4.69, 9.17) is 9.47 Å². The topological polar surface area (TPSA) is 18.5 Å². The predicted octanol–water partition coefficient (Wildman–Crippen LogP) is 4.38. The van der Waals surface area contributed by atoms with Crippen LogP contribution < -0.4 is 0 Å². The fourth-order valence-electron chi connectivity index (χ4n) is 3.06. The van der Waals surface area contributed by atoms with Crippen molar-refractivity contribution >= 4 is 0 Å². The van der Waals surface area contributed by atoms with Gasteiger partial charge in [-0.25, -0.2) is 0 Å². The van der Waals surface area contributed by atoms with Crippen LogP contribution in [-0.4, -0.2) is 17.5 Å². The normalized spacial score (nSPS) is 45.3. The Morgan fingerprint density at radius 2 is 1.11 bits per heavy atom.